The summed E-state index contributed by atoms with van der Waals surface area (Å²) in [7, 11) is 0. The molecular formula is C12H15N. The summed E-state index contributed by atoms with van der Waals surface area (Å²) in [6, 6.07) is 7.04. The van der Waals surface area contributed by atoms with Gasteiger partial charge in [-0.1, -0.05) is 30.7 Å². The second-order valence-corrected chi connectivity index (χ2v) is 3.61. The topological polar surface area (TPSA) is 12.0 Å². The molecule has 1 heteroatoms. The second-order valence-electron chi connectivity index (χ2n) is 3.61. The molecule has 1 unspecified atom stereocenters. The fourth-order valence-corrected chi connectivity index (χ4v) is 1.66. The Balaban J connectivity index is 2.35. The molecule has 2 rings (SSSR count). The van der Waals surface area contributed by atoms with Gasteiger partial charge in [0.2, 0.25) is 0 Å². The third-order valence-corrected chi connectivity index (χ3v) is 2.50. The first-order valence-corrected chi connectivity index (χ1v) is 4.85. The van der Waals surface area contributed by atoms with Gasteiger partial charge in [-0.2, -0.15) is 0 Å². The van der Waals surface area contributed by atoms with Crippen molar-refractivity contribution < 1.29 is 0 Å². The molecule has 0 amide bonds. The van der Waals surface area contributed by atoms with E-state index in [1.165, 1.54) is 16.8 Å². The normalized spacial score (nSPS) is 19.4. The van der Waals surface area contributed by atoms with Crippen LogP contribution in [-0.4, -0.2) is 6.04 Å². The molecule has 0 saturated heterocycles. The maximum atomic E-state index is 3.49. The molecule has 1 aliphatic rings. The highest BCUT2D eigenvalue weighted by Crippen LogP contribution is 2.24. The van der Waals surface area contributed by atoms with Gasteiger partial charge in [0, 0.05) is 11.7 Å². The van der Waals surface area contributed by atoms with Crippen LogP contribution in [0.3, 0.4) is 0 Å². The quantitative estimate of drug-likeness (QED) is 0.687. The Kier molecular flexibility index (Phi) is 2.09. The van der Waals surface area contributed by atoms with Gasteiger partial charge in [-0.05, 0) is 31.0 Å². The molecule has 1 N–H and O–H groups in total. The molecule has 68 valence electrons. The fraction of sp³-hybridized carbons (Fsp3) is 0.333. The van der Waals surface area contributed by atoms with Crippen LogP contribution >= 0.6 is 0 Å². The first-order valence-electron chi connectivity index (χ1n) is 4.85. The Morgan fingerprint density at radius 1 is 1.38 bits per heavy atom. The fourth-order valence-electron chi connectivity index (χ4n) is 1.66. The third-order valence-electron chi connectivity index (χ3n) is 2.50. The van der Waals surface area contributed by atoms with Gasteiger partial charge in [0.05, 0.1) is 0 Å². The van der Waals surface area contributed by atoms with Gasteiger partial charge < -0.3 is 5.32 Å². The molecule has 1 aromatic rings. The molecule has 0 aliphatic carbocycles. The summed E-state index contributed by atoms with van der Waals surface area (Å²) in [6.07, 6.45) is 5.60. The van der Waals surface area contributed by atoms with Crippen molar-refractivity contribution in [2.45, 2.75) is 26.3 Å². The van der Waals surface area contributed by atoms with Gasteiger partial charge >= 0.3 is 0 Å². The largest absolute Gasteiger partial charge is 0.378 e. The van der Waals surface area contributed by atoms with E-state index < -0.39 is 0 Å². The van der Waals surface area contributed by atoms with E-state index in [9.17, 15) is 0 Å². The Hall–Kier alpha value is -1.24. The Labute approximate surface area is 79.5 Å². The number of anilines is 1. The third kappa shape index (κ3) is 1.59. The minimum Gasteiger partial charge on any atom is -0.378 e. The summed E-state index contributed by atoms with van der Waals surface area (Å²) in [5, 5.41) is 3.49. The van der Waals surface area contributed by atoms with Crippen LogP contribution < -0.4 is 5.32 Å². The van der Waals surface area contributed by atoms with E-state index in [0.717, 1.165) is 6.42 Å². The minimum atomic E-state index is 0.509. The molecule has 1 heterocycles. The number of fused-ring (bicyclic) bond motifs is 1. The maximum absolute atomic E-state index is 3.49. The predicted molar refractivity (Wildman–Crippen MR) is 57.9 cm³/mol. The van der Waals surface area contributed by atoms with Crippen molar-refractivity contribution >= 4 is 11.8 Å². The van der Waals surface area contributed by atoms with Crippen molar-refractivity contribution in [3.8, 4) is 0 Å². The summed E-state index contributed by atoms with van der Waals surface area (Å²) in [5.41, 5.74) is 3.89. The van der Waals surface area contributed by atoms with E-state index in [1.807, 2.05) is 0 Å². The van der Waals surface area contributed by atoms with Crippen LogP contribution in [0.4, 0.5) is 5.69 Å². The Bertz CT molecular complexity index is 339. The molecule has 13 heavy (non-hydrogen) atoms. The number of nitrogens with one attached hydrogen (secondary N) is 1. The van der Waals surface area contributed by atoms with Gasteiger partial charge in [-0.3, -0.25) is 0 Å². The number of hydrogen-bond donors (Lipinski definition) is 1. The lowest BCUT2D eigenvalue weighted by molar-refractivity contribution is 0.831. The van der Waals surface area contributed by atoms with Crippen LogP contribution in [0.5, 0.6) is 0 Å². The standard InChI is InChI=1S/C12H15N/c1-3-11-6-5-10-8-9(2)4-7-12(10)13-11/h4-8,11,13H,3H2,1-2H3. The number of benzene rings is 1. The maximum Gasteiger partial charge on any atom is 0.0445 e. The Morgan fingerprint density at radius 3 is 3.00 bits per heavy atom. The summed E-state index contributed by atoms with van der Waals surface area (Å²) in [6.45, 7) is 4.32. The van der Waals surface area contributed by atoms with Gasteiger partial charge in [0.15, 0.2) is 0 Å². The molecule has 0 fully saturated rings. The lowest BCUT2D eigenvalue weighted by atomic mass is 10.0. The van der Waals surface area contributed by atoms with Crippen molar-refractivity contribution in [2.24, 2.45) is 0 Å². The van der Waals surface area contributed by atoms with E-state index in [1.54, 1.807) is 0 Å². The molecule has 1 aromatic carbocycles. The lowest BCUT2D eigenvalue weighted by Crippen LogP contribution is -2.18. The van der Waals surface area contributed by atoms with Gasteiger partial charge in [-0.15, -0.1) is 0 Å². The SMILES string of the molecule is CCC1C=Cc2cc(C)ccc2N1. The van der Waals surface area contributed by atoms with Crippen molar-refractivity contribution in [2.75, 3.05) is 5.32 Å². The van der Waals surface area contributed by atoms with Crippen LogP contribution in [0.25, 0.3) is 6.08 Å². The average Bonchev–Trinajstić information content (AvgIpc) is 2.17. The van der Waals surface area contributed by atoms with E-state index >= 15 is 0 Å². The Morgan fingerprint density at radius 2 is 2.23 bits per heavy atom. The van der Waals surface area contributed by atoms with Crippen LogP contribution in [0.2, 0.25) is 0 Å². The van der Waals surface area contributed by atoms with Crippen molar-refractivity contribution in [3.63, 3.8) is 0 Å². The highest BCUT2D eigenvalue weighted by Gasteiger charge is 2.09. The summed E-state index contributed by atoms with van der Waals surface area (Å²) >= 11 is 0. The zero-order chi connectivity index (χ0) is 9.26. The van der Waals surface area contributed by atoms with E-state index in [0.29, 0.717) is 6.04 Å². The molecular weight excluding hydrogens is 158 g/mol. The monoisotopic (exact) mass is 173 g/mol. The summed E-state index contributed by atoms with van der Waals surface area (Å²) in [4.78, 5) is 0. The number of hydrogen-bond acceptors (Lipinski definition) is 1. The molecule has 0 spiro atoms. The van der Waals surface area contributed by atoms with E-state index in [4.69, 9.17) is 0 Å². The van der Waals surface area contributed by atoms with E-state index in [-0.39, 0.29) is 0 Å². The summed E-state index contributed by atoms with van der Waals surface area (Å²) in [5.74, 6) is 0. The minimum absolute atomic E-state index is 0.509. The number of aryl methyl sites for hydroxylation is 1. The molecule has 0 bridgehead atoms. The molecule has 0 radical (unpaired) electrons. The van der Waals surface area contributed by atoms with Crippen molar-refractivity contribution in [1.29, 1.82) is 0 Å². The smallest absolute Gasteiger partial charge is 0.0445 e. The summed E-state index contributed by atoms with van der Waals surface area (Å²) < 4.78 is 0. The van der Waals surface area contributed by atoms with Crippen LogP contribution in [0.1, 0.15) is 24.5 Å². The second kappa shape index (κ2) is 3.25. The molecule has 1 atom stereocenters. The first-order chi connectivity index (χ1) is 6.29. The van der Waals surface area contributed by atoms with Crippen LogP contribution in [0.15, 0.2) is 24.3 Å². The zero-order valence-electron chi connectivity index (χ0n) is 8.17. The van der Waals surface area contributed by atoms with Crippen molar-refractivity contribution in [1.82, 2.24) is 0 Å². The van der Waals surface area contributed by atoms with Gasteiger partial charge in [-0.25, -0.2) is 0 Å². The van der Waals surface area contributed by atoms with Gasteiger partial charge in [0.25, 0.3) is 0 Å². The highest BCUT2D eigenvalue weighted by molar-refractivity contribution is 5.71. The predicted octanol–water partition coefficient (Wildman–Crippen LogP) is 3.21. The highest BCUT2D eigenvalue weighted by atomic mass is 14.9. The lowest BCUT2D eigenvalue weighted by Gasteiger charge is -2.21. The van der Waals surface area contributed by atoms with E-state index in [2.05, 4.69) is 49.5 Å². The average molecular weight is 173 g/mol. The molecule has 1 nitrogen and oxygen atoms in total. The van der Waals surface area contributed by atoms with Crippen LogP contribution in [-0.2, 0) is 0 Å². The first kappa shape index (κ1) is 8.36. The molecule has 0 saturated carbocycles. The molecule has 0 aromatic heterocycles. The zero-order valence-corrected chi connectivity index (χ0v) is 8.17. The van der Waals surface area contributed by atoms with Crippen LogP contribution in [0, 0.1) is 6.92 Å². The van der Waals surface area contributed by atoms with Gasteiger partial charge in [0.1, 0.15) is 0 Å². The number of rotatable bonds is 1. The van der Waals surface area contributed by atoms with Crippen molar-refractivity contribution in [3.05, 3.63) is 35.4 Å². The molecule has 1 aliphatic heterocycles.